The monoisotopic (exact) mass is 283 g/mol. The van der Waals surface area contributed by atoms with Crippen LogP contribution in [0.25, 0.3) is 0 Å². The minimum Gasteiger partial charge on any atom is -0.399 e. The fourth-order valence-corrected chi connectivity index (χ4v) is 3.88. The molecule has 19 heavy (non-hydrogen) atoms. The zero-order chi connectivity index (χ0) is 14.0. The fourth-order valence-electron chi connectivity index (χ4n) is 2.47. The van der Waals surface area contributed by atoms with Crippen molar-refractivity contribution >= 4 is 15.7 Å². The summed E-state index contributed by atoms with van der Waals surface area (Å²) in [6.07, 6.45) is 3.41. The fraction of sp³-hybridized carbons (Fsp3) is 0.538. The Kier molecular flexibility index (Phi) is 4.13. The second-order valence-corrected chi connectivity index (χ2v) is 7.16. The van der Waals surface area contributed by atoms with Crippen LogP contribution in [-0.4, -0.2) is 31.9 Å². The van der Waals surface area contributed by atoms with Gasteiger partial charge in [-0.15, -0.1) is 0 Å². The van der Waals surface area contributed by atoms with Crippen LogP contribution in [0.5, 0.6) is 0 Å². The minimum absolute atomic E-state index is 0.0438. The lowest BCUT2D eigenvalue weighted by molar-refractivity contribution is 0.268. The predicted octanol–water partition coefficient (Wildman–Crippen LogP) is 1.16. The molecule has 6 heteroatoms. The zero-order valence-electron chi connectivity index (χ0n) is 11.1. The number of nitrogen functional groups attached to an aromatic ring is 1. The van der Waals surface area contributed by atoms with Crippen molar-refractivity contribution in [3.63, 3.8) is 0 Å². The summed E-state index contributed by atoms with van der Waals surface area (Å²) in [5, 5.41) is 0. The molecule has 1 saturated carbocycles. The van der Waals surface area contributed by atoms with Crippen molar-refractivity contribution in [2.75, 3.05) is 12.8 Å². The molecular weight excluding hydrogens is 262 g/mol. The topological polar surface area (TPSA) is 89.4 Å². The first-order valence-corrected chi connectivity index (χ1v) is 7.94. The molecule has 0 spiro atoms. The molecule has 0 amide bonds. The lowest BCUT2D eigenvalue weighted by Gasteiger charge is -2.32. The van der Waals surface area contributed by atoms with Gasteiger partial charge in [0.2, 0.25) is 10.0 Å². The third-order valence-corrected chi connectivity index (χ3v) is 5.74. The second kappa shape index (κ2) is 5.48. The van der Waals surface area contributed by atoms with Crippen LogP contribution in [0.2, 0.25) is 0 Å². The molecule has 1 aromatic rings. The Morgan fingerprint density at radius 2 is 1.63 bits per heavy atom. The molecule has 0 bridgehead atoms. The number of rotatable bonds is 3. The van der Waals surface area contributed by atoms with Gasteiger partial charge < -0.3 is 11.5 Å². The molecule has 4 N–H and O–H groups in total. The summed E-state index contributed by atoms with van der Waals surface area (Å²) in [6.45, 7) is 0. The van der Waals surface area contributed by atoms with Crippen LogP contribution in [0, 0.1) is 0 Å². The maximum absolute atomic E-state index is 12.5. The summed E-state index contributed by atoms with van der Waals surface area (Å²) in [4.78, 5) is 0.291. The van der Waals surface area contributed by atoms with E-state index in [-0.39, 0.29) is 12.1 Å². The van der Waals surface area contributed by atoms with Crippen molar-refractivity contribution in [3.05, 3.63) is 24.3 Å². The number of nitrogens with zero attached hydrogens (tertiary/aromatic N) is 1. The zero-order valence-corrected chi connectivity index (χ0v) is 11.9. The summed E-state index contributed by atoms with van der Waals surface area (Å²) in [5.41, 5.74) is 12.0. The summed E-state index contributed by atoms with van der Waals surface area (Å²) >= 11 is 0. The molecule has 0 heterocycles. The van der Waals surface area contributed by atoms with E-state index in [0.717, 1.165) is 25.7 Å². The SMILES string of the molecule is CN(C1CCC(N)CC1)S(=O)(=O)c1ccc(N)cc1. The third-order valence-electron chi connectivity index (χ3n) is 3.81. The number of anilines is 1. The Labute approximate surface area is 114 Å². The predicted molar refractivity (Wildman–Crippen MR) is 76.0 cm³/mol. The van der Waals surface area contributed by atoms with Crippen LogP contribution in [0.15, 0.2) is 29.2 Å². The highest BCUT2D eigenvalue weighted by Gasteiger charge is 2.30. The van der Waals surface area contributed by atoms with Crippen molar-refractivity contribution in [2.24, 2.45) is 5.73 Å². The maximum Gasteiger partial charge on any atom is 0.243 e. The van der Waals surface area contributed by atoms with E-state index in [9.17, 15) is 8.42 Å². The van der Waals surface area contributed by atoms with E-state index >= 15 is 0 Å². The van der Waals surface area contributed by atoms with E-state index in [1.165, 1.54) is 4.31 Å². The molecular formula is C13H21N3O2S. The van der Waals surface area contributed by atoms with Crippen LogP contribution in [0.4, 0.5) is 5.69 Å². The molecule has 0 saturated heterocycles. The first-order chi connectivity index (χ1) is 8.91. The van der Waals surface area contributed by atoms with Gasteiger partial charge in [0.15, 0.2) is 0 Å². The molecule has 1 aliphatic carbocycles. The lowest BCUT2D eigenvalue weighted by atomic mass is 9.92. The highest BCUT2D eigenvalue weighted by atomic mass is 32.2. The molecule has 0 unspecified atom stereocenters. The first-order valence-electron chi connectivity index (χ1n) is 6.50. The number of nitrogens with two attached hydrogens (primary N) is 2. The Hall–Kier alpha value is -1.11. The van der Waals surface area contributed by atoms with Crippen molar-refractivity contribution in [3.8, 4) is 0 Å². The van der Waals surface area contributed by atoms with E-state index in [1.54, 1.807) is 31.3 Å². The van der Waals surface area contributed by atoms with E-state index in [4.69, 9.17) is 11.5 Å². The number of benzene rings is 1. The van der Waals surface area contributed by atoms with Crippen LogP contribution in [0.1, 0.15) is 25.7 Å². The van der Waals surface area contributed by atoms with Crippen LogP contribution in [-0.2, 0) is 10.0 Å². The van der Waals surface area contributed by atoms with Crippen molar-refractivity contribution in [1.82, 2.24) is 4.31 Å². The summed E-state index contributed by atoms with van der Waals surface area (Å²) < 4.78 is 26.4. The largest absolute Gasteiger partial charge is 0.399 e. The van der Waals surface area contributed by atoms with Gasteiger partial charge in [-0.05, 0) is 49.9 Å². The summed E-state index contributed by atoms with van der Waals surface area (Å²) in [6, 6.07) is 6.58. The minimum atomic E-state index is -3.44. The van der Waals surface area contributed by atoms with Crippen LogP contribution in [0.3, 0.4) is 0 Å². The second-order valence-electron chi connectivity index (χ2n) is 5.16. The lowest BCUT2D eigenvalue weighted by Crippen LogP contribution is -2.41. The van der Waals surface area contributed by atoms with Gasteiger partial charge >= 0.3 is 0 Å². The Bertz CT molecular complexity index is 519. The van der Waals surface area contributed by atoms with Gasteiger partial charge in [0.1, 0.15) is 0 Å². The highest BCUT2D eigenvalue weighted by Crippen LogP contribution is 2.26. The van der Waals surface area contributed by atoms with E-state index in [2.05, 4.69) is 0 Å². The van der Waals surface area contributed by atoms with Crippen molar-refractivity contribution in [1.29, 1.82) is 0 Å². The normalized spacial score (nSPS) is 24.6. The third kappa shape index (κ3) is 3.08. The van der Waals surface area contributed by atoms with Gasteiger partial charge in [-0.25, -0.2) is 8.42 Å². The molecule has 1 fully saturated rings. The molecule has 0 atom stereocenters. The maximum atomic E-state index is 12.5. The molecule has 0 radical (unpaired) electrons. The Morgan fingerprint density at radius 3 is 2.16 bits per heavy atom. The molecule has 0 aromatic heterocycles. The molecule has 2 rings (SSSR count). The van der Waals surface area contributed by atoms with E-state index in [0.29, 0.717) is 10.6 Å². The standard InChI is InChI=1S/C13H21N3O2S/c1-16(12-6-2-10(14)3-7-12)19(17,18)13-8-4-11(15)5-9-13/h4-5,8-10,12H,2-3,6-7,14-15H2,1H3. The van der Waals surface area contributed by atoms with Gasteiger partial charge in [0, 0.05) is 24.8 Å². The number of hydrogen-bond acceptors (Lipinski definition) is 4. The average Bonchev–Trinajstić information content (AvgIpc) is 2.39. The smallest absolute Gasteiger partial charge is 0.243 e. The molecule has 1 aliphatic rings. The van der Waals surface area contributed by atoms with Crippen molar-refractivity contribution in [2.45, 2.75) is 42.7 Å². The first kappa shape index (κ1) is 14.3. The molecule has 106 valence electrons. The molecule has 1 aromatic carbocycles. The Morgan fingerprint density at radius 1 is 1.11 bits per heavy atom. The summed E-state index contributed by atoms with van der Waals surface area (Å²) in [5.74, 6) is 0. The van der Waals surface area contributed by atoms with E-state index in [1.807, 2.05) is 0 Å². The van der Waals surface area contributed by atoms with Gasteiger partial charge in [-0.3, -0.25) is 0 Å². The number of sulfonamides is 1. The Balaban J connectivity index is 2.17. The average molecular weight is 283 g/mol. The van der Waals surface area contributed by atoms with Gasteiger partial charge in [0.05, 0.1) is 4.90 Å². The van der Waals surface area contributed by atoms with Gasteiger partial charge in [0.25, 0.3) is 0 Å². The highest BCUT2D eigenvalue weighted by molar-refractivity contribution is 7.89. The van der Waals surface area contributed by atoms with Crippen LogP contribution >= 0.6 is 0 Å². The molecule has 0 aliphatic heterocycles. The van der Waals surface area contributed by atoms with Gasteiger partial charge in [-0.1, -0.05) is 0 Å². The molecule has 5 nitrogen and oxygen atoms in total. The quantitative estimate of drug-likeness (QED) is 0.815. The van der Waals surface area contributed by atoms with Crippen LogP contribution < -0.4 is 11.5 Å². The summed E-state index contributed by atoms with van der Waals surface area (Å²) in [7, 11) is -1.79. The van der Waals surface area contributed by atoms with Crippen molar-refractivity contribution < 1.29 is 8.42 Å². The van der Waals surface area contributed by atoms with E-state index < -0.39 is 10.0 Å². The van der Waals surface area contributed by atoms with Gasteiger partial charge in [-0.2, -0.15) is 4.31 Å². The number of hydrogen-bond donors (Lipinski definition) is 2.